The largest absolute Gasteiger partial charge is 0.354 e. The van der Waals surface area contributed by atoms with Crippen molar-refractivity contribution < 1.29 is 4.79 Å². The van der Waals surface area contributed by atoms with Gasteiger partial charge in [-0.25, -0.2) is 4.98 Å². The van der Waals surface area contributed by atoms with Crippen LogP contribution in [0.15, 0.2) is 11.6 Å². The number of amides is 1. The molecule has 16 heavy (non-hydrogen) atoms. The fourth-order valence-electron chi connectivity index (χ4n) is 1.41. The Hall–Kier alpha value is -0.940. The first-order valence-electron chi connectivity index (χ1n) is 5.58. The van der Waals surface area contributed by atoms with Gasteiger partial charge in [0.25, 0.3) is 0 Å². The Kier molecular flexibility index (Phi) is 4.89. The highest BCUT2D eigenvalue weighted by molar-refractivity contribution is 7.09. The number of rotatable bonds is 6. The first-order chi connectivity index (χ1) is 7.62. The Morgan fingerprint density at radius 3 is 2.75 bits per heavy atom. The third kappa shape index (κ3) is 3.28. The highest BCUT2D eigenvalue weighted by Gasteiger charge is 2.29. The van der Waals surface area contributed by atoms with Gasteiger partial charge in [0.2, 0.25) is 5.91 Å². The minimum absolute atomic E-state index is 0.0611. The molecule has 0 atom stereocenters. The average Bonchev–Trinajstić information content (AvgIpc) is 2.80. The van der Waals surface area contributed by atoms with Gasteiger partial charge in [0.05, 0.1) is 10.5 Å². The quantitative estimate of drug-likeness (QED) is 0.789. The minimum Gasteiger partial charge on any atom is -0.354 e. The lowest BCUT2D eigenvalue weighted by atomic mass is 9.93. The Bertz CT molecular complexity index is 320. The van der Waals surface area contributed by atoms with Gasteiger partial charge in [-0.15, -0.1) is 11.3 Å². The molecular formula is C11H19N3OS. The standard InChI is InChI=1S/C11H19N3OS/c1-3-11(12,4-2)10(15)14-6-5-9-13-7-8-16-9/h7-8H,3-6,12H2,1-2H3,(H,14,15). The highest BCUT2D eigenvalue weighted by atomic mass is 32.1. The van der Waals surface area contributed by atoms with E-state index >= 15 is 0 Å². The van der Waals surface area contributed by atoms with Crippen LogP contribution >= 0.6 is 11.3 Å². The van der Waals surface area contributed by atoms with Crippen LogP contribution in [-0.2, 0) is 11.2 Å². The second kappa shape index (κ2) is 5.96. The lowest BCUT2D eigenvalue weighted by molar-refractivity contribution is -0.126. The zero-order chi connectivity index (χ0) is 12.0. The van der Waals surface area contributed by atoms with E-state index in [1.165, 1.54) is 0 Å². The maximum absolute atomic E-state index is 11.8. The van der Waals surface area contributed by atoms with E-state index in [2.05, 4.69) is 10.3 Å². The van der Waals surface area contributed by atoms with Gasteiger partial charge in [-0.05, 0) is 12.8 Å². The summed E-state index contributed by atoms with van der Waals surface area (Å²) in [5.74, 6) is -0.0611. The normalized spacial score (nSPS) is 11.4. The number of carbonyl (C=O) groups excluding carboxylic acids is 1. The molecule has 0 bridgehead atoms. The summed E-state index contributed by atoms with van der Waals surface area (Å²) in [7, 11) is 0. The van der Waals surface area contributed by atoms with E-state index in [1.807, 2.05) is 19.2 Å². The summed E-state index contributed by atoms with van der Waals surface area (Å²) in [5, 5.41) is 5.84. The van der Waals surface area contributed by atoms with E-state index in [0.717, 1.165) is 11.4 Å². The van der Waals surface area contributed by atoms with Gasteiger partial charge in [-0.1, -0.05) is 13.8 Å². The number of thiazole rings is 1. The molecule has 90 valence electrons. The molecule has 4 nitrogen and oxygen atoms in total. The number of nitrogens with one attached hydrogen (secondary N) is 1. The number of carbonyl (C=O) groups is 1. The molecular weight excluding hydrogens is 222 g/mol. The average molecular weight is 241 g/mol. The second-order valence-corrected chi connectivity index (χ2v) is 4.77. The van der Waals surface area contributed by atoms with Crippen LogP contribution in [0.1, 0.15) is 31.7 Å². The van der Waals surface area contributed by atoms with E-state index in [0.29, 0.717) is 19.4 Å². The van der Waals surface area contributed by atoms with Gasteiger partial charge in [-0.2, -0.15) is 0 Å². The fraction of sp³-hybridized carbons (Fsp3) is 0.636. The number of hydrogen-bond acceptors (Lipinski definition) is 4. The molecule has 1 amide bonds. The Balaban J connectivity index is 2.35. The first-order valence-corrected chi connectivity index (χ1v) is 6.46. The maximum Gasteiger partial charge on any atom is 0.240 e. The van der Waals surface area contributed by atoms with Crippen LogP contribution in [0.2, 0.25) is 0 Å². The SMILES string of the molecule is CCC(N)(CC)C(=O)NCCc1nccs1. The van der Waals surface area contributed by atoms with Crippen molar-refractivity contribution in [2.24, 2.45) is 5.73 Å². The second-order valence-electron chi connectivity index (χ2n) is 3.79. The third-order valence-electron chi connectivity index (χ3n) is 2.82. The van der Waals surface area contributed by atoms with Crippen LogP contribution in [0.3, 0.4) is 0 Å². The molecule has 1 aromatic heterocycles. The predicted molar refractivity (Wildman–Crippen MR) is 66.3 cm³/mol. The molecule has 5 heteroatoms. The Labute approximate surface area is 100 Å². The maximum atomic E-state index is 11.8. The van der Waals surface area contributed by atoms with Crippen LogP contribution < -0.4 is 11.1 Å². The predicted octanol–water partition coefficient (Wildman–Crippen LogP) is 1.32. The van der Waals surface area contributed by atoms with Crippen molar-refractivity contribution in [1.29, 1.82) is 0 Å². The molecule has 0 saturated carbocycles. The number of nitrogens with two attached hydrogens (primary N) is 1. The summed E-state index contributed by atoms with van der Waals surface area (Å²) in [6.07, 6.45) is 3.86. The minimum atomic E-state index is -0.719. The number of hydrogen-bond donors (Lipinski definition) is 2. The van der Waals surface area contributed by atoms with Crippen molar-refractivity contribution in [1.82, 2.24) is 10.3 Å². The molecule has 0 radical (unpaired) electrons. The zero-order valence-electron chi connectivity index (χ0n) is 9.82. The lowest BCUT2D eigenvalue weighted by Gasteiger charge is -2.25. The zero-order valence-corrected chi connectivity index (χ0v) is 10.6. The van der Waals surface area contributed by atoms with Crippen LogP contribution in [0, 0.1) is 0 Å². The smallest absolute Gasteiger partial charge is 0.240 e. The first kappa shape index (κ1) is 13.1. The van der Waals surface area contributed by atoms with Crippen LogP contribution in [0.4, 0.5) is 0 Å². The van der Waals surface area contributed by atoms with Gasteiger partial charge < -0.3 is 11.1 Å². The molecule has 0 unspecified atom stereocenters. The van der Waals surface area contributed by atoms with Crippen molar-refractivity contribution in [3.8, 4) is 0 Å². The number of nitrogens with zero attached hydrogens (tertiary/aromatic N) is 1. The van der Waals surface area contributed by atoms with Gasteiger partial charge in [-0.3, -0.25) is 4.79 Å². The van der Waals surface area contributed by atoms with Crippen LogP contribution in [0.5, 0.6) is 0 Å². The molecule has 0 fully saturated rings. The van der Waals surface area contributed by atoms with Crippen LogP contribution in [-0.4, -0.2) is 23.0 Å². The third-order valence-corrected chi connectivity index (χ3v) is 3.66. The van der Waals surface area contributed by atoms with E-state index in [-0.39, 0.29) is 5.91 Å². The highest BCUT2D eigenvalue weighted by Crippen LogP contribution is 2.11. The summed E-state index contributed by atoms with van der Waals surface area (Å²) < 4.78 is 0. The van der Waals surface area contributed by atoms with E-state index in [1.54, 1.807) is 17.5 Å². The van der Waals surface area contributed by atoms with Crippen molar-refractivity contribution in [2.45, 2.75) is 38.6 Å². The monoisotopic (exact) mass is 241 g/mol. The van der Waals surface area contributed by atoms with Gasteiger partial charge in [0.15, 0.2) is 0 Å². The van der Waals surface area contributed by atoms with Crippen molar-refractivity contribution in [3.05, 3.63) is 16.6 Å². The Morgan fingerprint density at radius 2 is 2.25 bits per heavy atom. The summed E-state index contributed by atoms with van der Waals surface area (Å²) in [6, 6.07) is 0. The molecule has 1 aromatic rings. The molecule has 1 rings (SSSR count). The molecule has 0 aliphatic heterocycles. The number of aromatic nitrogens is 1. The molecule has 0 saturated heterocycles. The van der Waals surface area contributed by atoms with E-state index in [9.17, 15) is 4.79 Å². The lowest BCUT2D eigenvalue weighted by Crippen LogP contribution is -2.53. The molecule has 0 aromatic carbocycles. The Morgan fingerprint density at radius 1 is 1.56 bits per heavy atom. The molecule has 1 heterocycles. The topological polar surface area (TPSA) is 68.0 Å². The van der Waals surface area contributed by atoms with Gasteiger partial charge >= 0.3 is 0 Å². The summed E-state index contributed by atoms with van der Waals surface area (Å²) in [6.45, 7) is 4.47. The van der Waals surface area contributed by atoms with Crippen molar-refractivity contribution >= 4 is 17.2 Å². The van der Waals surface area contributed by atoms with Crippen molar-refractivity contribution in [2.75, 3.05) is 6.54 Å². The molecule has 3 N–H and O–H groups in total. The van der Waals surface area contributed by atoms with E-state index in [4.69, 9.17) is 5.73 Å². The summed E-state index contributed by atoms with van der Waals surface area (Å²) >= 11 is 1.60. The molecule has 0 spiro atoms. The fourth-order valence-corrected chi connectivity index (χ4v) is 2.03. The van der Waals surface area contributed by atoms with E-state index < -0.39 is 5.54 Å². The summed E-state index contributed by atoms with van der Waals surface area (Å²) in [4.78, 5) is 16.0. The van der Waals surface area contributed by atoms with Gasteiger partial charge in [0.1, 0.15) is 0 Å². The summed E-state index contributed by atoms with van der Waals surface area (Å²) in [5.41, 5.74) is 5.26. The molecule has 0 aliphatic carbocycles. The van der Waals surface area contributed by atoms with Crippen molar-refractivity contribution in [3.63, 3.8) is 0 Å². The van der Waals surface area contributed by atoms with Gasteiger partial charge in [0, 0.05) is 24.5 Å². The molecule has 0 aliphatic rings. The van der Waals surface area contributed by atoms with Crippen LogP contribution in [0.25, 0.3) is 0 Å².